The van der Waals surface area contributed by atoms with Crippen LogP contribution in [0.5, 0.6) is 0 Å². The van der Waals surface area contributed by atoms with Gasteiger partial charge in [0.05, 0.1) is 0 Å². The van der Waals surface area contributed by atoms with Crippen molar-refractivity contribution in [2.75, 3.05) is 0 Å². The molecular weight excluding hydrogens is 269 g/mol. The first-order valence-corrected chi connectivity index (χ1v) is 6.91. The molecule has 0 bridgehead atoms. The van der Waals surface area contributed by atoms with Gasteiger partial charge in [-0.1, -0.05) is 23.7 Å². The van der Waals surface area contributed by atoms with Crippen molar-refractivity contribution >= 4 is 23.4 Å². The molecule has 2 aromatic rings. The van der Waals surface area contributed by atoms with Crippen LogP contribution < -0.4 is 5.73 Å². The van der Waals surface area contributed by atoms with E-state index in [2.05, 4.69) is 0 Å². The number of thioether (sulfide) groups is 1. The highest BCUT2D eigenvalue weighted by molar-refractivity contribution is 7.98. The van der Waals surface area contributed by atoms with Crippen LogP contribution >= 0.6 is 23.4 Å². The van der Waals surface area contributed by atoms with Gasteiger partial charge in [0.2, 0.25) is 0 Å². The van der Waals surface area contributed by atoms with Gasteiger partial charge in [0.15, 0.2) is 0 Å². The summed E-state index contributed by atoms with van der Waals surface area (Å²) in [6.07, 6.45) is 0. The van der Waals surface area contributed by atoms with Crippen LogP contribution in [0.2, 0.25) is 5.02 Å². The monoisotopic (exact) mass is 281 g/mol. The minimum absolute atomic E-state index is 0.244. The molecule has 2 N–H and O–H groups in total. The summed E-state index contributed by atoms with van der Waals surface area (Å²) in [5, 5.41) is 0.721. The van der Waals surface area contributed by atoms with E-state index in [0.29, 0.717) is 6.54 Å². The molecule has 1 nitrogen and oxygen atoms in total. The summed E-state index contributed by atoms with van der Waals surface area (Å²) >= 11 is 7.58. The van der Waals surface area contributed by atoms with Crippen molar-refractivity contribution in [1.82, 2.24) is 0 Å². The predicted octanol–water partition coefficient (Wildman–Crippen LogP) is 4.23. The van der Waals surface area contributed by atoms with E-state index in [1.54, 1.807) is 17.8 Å². The predicted molar refractivity (Wildman–Crippen MR) is 75.3 cm³/mol. The van der Waals surface area contributed by atoms with Crippen LogP contribution in [0.1, 0.15) is 11.1 Å². The number of rotatable bonds is 4. The first kappa shape index (κ1) is 13.4. The highest BCUT2D eigenvalue weighted by Crippen LogP contribution is 2.26. The summed E-state index contributed by atoms with van der Waals surface area (Å²) < 4.78 is 13.1. The minimum Gasteiger partial charge on any atom is -0.326 e. The number of nitrogens with two attached hydrogens (primary N) is 1. The minimum atomic E-state index is -0.244. The van der Waals surface area contributed by atoms with Crippen LogP contribution in [0.15, 0.2) is 47.4 Å². The first-order valence-electron chi connectivity index (χ1n) is 5.55. The van der Waals surface area contributed by atoms with Crippen molar-refractivity contribution in [3.8, 4) is 0 Å². The highest BCUT2D eigenvalue weighted by Gasteiger charge is 2.04. The third-order valence-electron chi connectivity index (χ3n) is 2.58. The number of hydrogen-bond acceptors (Lipinski definition) is 2. The number of benzene rings is 2. The van der Waals surface area contributed by atoms with E-state index in [4.69, 9.17) is 17.3 Å². The van der Waals surface area contributed by atoms with Crippen LogP contribution in [0.3, 0.4) is 0 Å². The van der Waals surface area contributed by atoms with Crippen LogP contribution in [-0.4, -0.2) is 0 Å². The molecule has 0 aliphatic carbocycles. The van der Waals surface area contributed by atoms with E-state index < -0.39 is 0 Å². The molecular formula is C14H13ClFNS. The quantitative estimate of drug-likeness (QED) is 0.849. The number of halogens is 2. The fourth-order valence-electron chi connectivity index (χ4n) is 1.64. The Morgan fingerprint density at radius 2 is 1.94 bits per heavy atom. The maximum Gasteiger partial charge on any atom is 0.123 e. The van der Waals surface area contributed by atoms with Crippen LogP contribution in [0.4, 0.5) is 4.39 Å². The van der Waals surface area contributed by atoms with Gasteiger partial charge in [0, 0.05) is 22.2 Å². The van der Waals surface area contributed by atoms with Gasteiger partial charge < -0.3 is 5.73 Å². The molecule has 2 aromatic carbocycles. The summed E-state index contributed by atoms with van der Waals surface area (Å²) in [5.74, 6) is 0.514. The summed E-state index contributed by atoms with van der Waals surface area (Å²) in [6.45, 7) is 0.350. The molecule has 0 aromatic heterocycles. The lowest BCUT2D eigenvalue weighted by molar-refractivity contribution is 0.624. The van der Waals surface area contributed by atoms with Crippen molar-refractivity contribution < 1.29 is 4.39 Å². The van der Waals surface area contributed by atoms with E-state index in [1.807, 2.05) is 24.3 Å². The molecule has 0 aliphatic rings. The van der Waals surface area contributed by atoms with Gasteiger partial charge in [-0.2, -0.15) is 0 Å². The van der Waals surface area contributed by atoms with E-state index in [1.165, 1.54) is 12.1 Å². The molecule has 0 fully saturated rings. The highest BCUT2D eigenvalue weighted by atomic mass is 35.5. The van der Waals surface area contributed by atoms with Gasteiger partial charge in [-0.25, -0.2) is 4.39 Å². The van der Waals surface area contributed by atoms with Gasteiger partial charge in [-0.05, 0) is 41.5 Å². The zero-order valence-electron chi connectivity index (χ0n) is 9.70. The van der Waals surface area contributed by atoms with E-state index in [-0.39, 0.29) is 5.82 Å². The molecule has 0 unspecified atom stereocenters. The molecule has 94 valence electrons. The van der Waals surface area contributed by atoms with Gasteiger partial charge in [-0.3, -0.25) is 0 Å². The maximum atomic E-state index is 13.1. The van der Waals surface area contributed by atoms with Crippen LogP contribution in [-0.2, 0) is 12.3 Å². The largest absolute Gasteiger partial charge is 0.326 e. The third-order valence-corrected chi connectivity index (χ3v) is 3.86. The lowest BCUT2D eigenvalue weighted by Gasteiger charge is -2.08. The van der Waals surface area contributed by atoms with E-state index >= 15 is 0 Å². The van der Waals surface area contributed by atoms with Gasteiger partial charge >= 0.3 is 0 Å². The first-order chi connectivity index (χ1) is 8.69. The molecule has 0 spiro atoms. The lowest BCUT2D eigenvalue weighted by atomic mass is 10.1. The van der Waals surface area contributed by atoms with Crippen molar-refractivity contribution in [1.29, 1.82) is 0 Å². The van der Waals surface area contributed by atoms with Crippen LogP contribution in [0, 0.1) is 5.82 Å². The molecule has 18 heavy (non-hydrogen) atoms. The lowest BCUT2D eigenvalue weighted by Crippen LogP contribution is -2.01. The Morgan fingerprint density at radius 3 is 2.67 bits per heavy atom. The third kappa shape index (κ3) is 3.48. The second kappa shape index (κ2) is 6.23. The second-order valence-corrected chi connectivity index (χ2v) is 5.35. The Hall–Kier alpha value is -1.03. The molecule has 0 saturated carbocycles. The molecule has 0 saturated heterocycles. The van der Waals surface area contributed by atoms with Gasteiger partial charge in [0.1, 0.15) is 5.82 Å². The molecule has 4 heteroatoms. The van der Waals surface area contributed by atoms with Gasteiger partial charge in [0.25, 0.3) is 0 Å². The SMILES string of the molecule is NCc1cc(F)ccc1CSc1cccc(Cl)c1. The average molecular weight is 282 g/mol. The van der Waals surface area contributed by atoms with Crippen molar-refractivity contribution in [3.63, 3.8) is 0 Å². The number of hydrogen-bond donors (Lipinski definition) is 1. The molecule has 2 rings (SSSR count). The summed E-state index contributed by atoms with van der Waals surface area (Å²) in [7, 11) is 0. The summed E-state index contributed by atoms with van der Waals surface area (Å²) in [6, 6.07) is 12.4. The molecule has 0 aliphatic heterocycles. The Balaban J connectivity index is 2.10. The second-order valence-electron chi connectivity index (χ2n) is 3.86. The van der Waals surface area contributed by atoms with Crippen LogP contribution in [0.25, 0.3) is 0 Å². The summed E-state index contributed by atoms with van der Waals surface area (Å²) in [5.41, 5.74) is 7.53. The van der Waals surface area contributed by atoms with Gasteiger partial charge in [-0.15, -0.1) is 11.8 Å². The van der Waals surface area contributed by atoms with E-state index in [0.717, 1.165) is 26.8 Å². The smallest absolute Gasteiger partial charge is 0.123 e. The Bertz CT molecular complexity index is 545. The maximum absolute atomic E-state index is 13.1. The van der Waals surface area contributed by atoms with Crippen molar-refractivity contribution in [3.05, 3.63) is 64.4 Å². The molecule has 0 amide bonds. The normalized spacial score (nSPS) is 10.6. The standard InChI is InChI=1S/C14H13ClFNS/c15-12-2-1-3-14(7-12)18-9-10-4-5-13(16)6-11(10)8-17/h1-7H,8-9,17H2. The Labute approximate surface area is 115 Å². The molecule has 0 radical (unpaired) electrons. The fourth-order valence-corrected chi connectivity index (χ4v) is 2.89. The van der Waals surface area contributed by atoms with E-state index in [9.17, 15) is 4.39 Å². The fraction of sp³-hybridized carbons (Fsp3) is 0.143. The Morgan fingerprint density at radius 1 is 1.11 bits per heavy atom. The topological polar surface area (TPSA) is 26.0 Å². The average Bonchev–Trinajstić information content (AvgIpc) is 2.37. The zero-order valence-corrected chi connectivity index (χ0v) is 11.3. The van der Waals surface area contributed by atoms with Crippen molar-refractivity contribution in [2.24, 2.45) is 5.73 Å². The molecule has 0 atom stereocenters. The Kier molecular flexibility index (Phi) is 4.64. The zero-order chi connectivity index (χ0) is 13.0. The van der Waals surface area contributed by atoms with Crippen molar-refractivity contribution in [2.45, 2.75) is 17.2 Å². The summed E-state index contributed by atoms with van der Waals surface area (Å²) in [4.78, 5) is 1.09. The molecule has 0 heterocycles.